The first-order valence-electron chi connectivity index (χ1n) is 6.23. The van der Waals surface area contributed by atoms with Crippen LogP contribution in [-0.4, -0.2) is 14.5 Å². The van der Waals surface area contributed by atoms with Crippen LogP contribution in [0, 0.1) is 0 Å². The predicted octanol–water partition coefficient (Wildman–Crippen LogP) is 4.45. The zero-order chi connectivity index (χ0) is 14.3. The summed E-state index contributed by atoms with van der Waals surface area (Å²) in [6.45, 7) is 0. The van der Waals surface area contributed by atoms with Crippen LogP contribution in [0.2, 0.25) is 0 Å². The average Bonchev–Trinajstić information content (AvgIpc) is 2.72. The zero-order valence-electron chi connectivity index (χ0n) is 10.4. The molecule has 20 heavy (non-hydrogen) atoms. The third kappa shape index (κ3) is 2.46. The van der Waals surface area contributed by atoms with Crippen molar-refractivity contribution in [1.29, 1.82) is 0 Å². The second kappa shape index (κ2) is 4.87. The van der Waals surface area contributed by atoms with E-state index < -0.39 is 11.9 Å². The number of halogens is 4. The fourth-order valence-corrected chi connectivity index (χ4v) is 2.43. The molecule has 1 aliphatic rings. The van der Waals surface area contributed by atoms with E-state index in [-0.39, 0.29) is 6.04 Å². The first-order chi connectivity index (χ1) is 9.45. The van der Waals surface area contributed by atoms with Crippen molar-refractivity contribution in [3.63, 3.8) is 0 Å². The lowest BCUT2D eigenvalue weighted by Crippen LogP contribution is -2.17. The summed E-state index contributed by atoms with van der Waals surface area (Å²) >= 11 is 3.21. The van der Waals surface area contributed by atoms with Gasteiger partial charge in [-0.3, -0.25) is 0 Å². The maximum Gasteiger partial charge on any atom is 0.434 e. The van der Waals surface area contributed by atoms with E-state index in [9.17, 15) is 13.2 Å². The molecule has 0 radical (unpaired) electrons. The molecule has 0 aliphatic heterocycles. The van der Waals surface area contributed by atoms with Gasteiger partial charge in [0.15, 0.2) is 5.69 Å². The minimum Gasteiger partial charge on any atom is -0.327 e. The minimum atomic E-state index is -4.42. The van der Waals surface area contributed by atoms with Gasteiger partial charge in [0.25, 0.3) is 0 Å². The molecule has 0 N–H and O–H groups in total. The highest BCUT2D eigenvalue weighted by Crippen LogP contribution is 2.38. The van der Waals surface area contributed by atoms with Crippen molar-refractivity contribution in [2.24, 2.45) is 0 Å². The molecular weight excluding hydrogens is 335 g/mol. The quantitative estimate of drug-likeness (QED) is 0.752. The molecule has 2 heterocycles. The summed E-state index contributed by atoms with van der Waals surface area (Å²) in [6, 6.07) is 3.52. The molecule has 0 spiro atoms. The van der Waals surface area contributed by atoms with Crippen molar-refractivity contribution in [2.75, 3.05) is 0 Å². The van der Waals surface area contributed by atoms with Crippen LogP contribution in [0.1, 0.15) is 31.0 Å². The van der Waals surface area contributed by atoms with E-state index in [0.29, 0.717) is 16.0 Å². The molecule has 3 nitrogen and oxygen atoms in total. The van der Waals surface area contributed by atoms with Gasteiger partial charge in [0.2, 0.25) is 0 Å². The van der Waals surface area contributed by atoms with Crippen LogP contribution in [0.5, 0.6) is 0 Å². The Bertz CT molecular complexity index is 615. The third-order valence-electron chi connectivity index (χ3n) is 3.48. The van der Waals surface area contributed by atoms with E-state index in [1.807, 2.05) is 0 Å². The molecule has 0 aromatic carbocycles. The Balaban J connectivity index is 2.07. The fourth-order valence-electron chi connectivity index (χ4n) is 2.20. The topological polar surface area (TPSA) is 30.7 Å². The van der Waals surface area contributed by atoms with Crippen molar-refractivity contribution in [3.05, 3.63) is 34.8 Å². The van der Waals surface area contributed by atoms with Gasteiger partial charge in [-0.05, 0) is 47.3 Å². The lowest BCUT2D eigenvalue weighted by atomic mass is 9.92. The number of imidazole rings is 1. The molecule has 0 unspecified atom stereocenters. The number of hydrogen-bond donors (Lipinski definition) is 0. The van der Waals surface area contributed by atoms with Crippen molar-refractivity contribution in [1.82, 2.24) is 14.5 Å². The van der Waals surface area contributed by atoms with E-state index >= 15 is 0 Å². The molecule has 0 atom stereocenters. The summed E-state index contributed by atoms with van der Waals surface area (Å²) in [5.41, 5.74) is -0.252. The van der Waals surface area contributed by atoms with Crippen molar-refractivity contribution in [3.8, 4) is 11.4 Å². The van der Waals surface area contributed by atoms with Crippen LogP contribution < -0.4 is 0 Å². The van der Waals surface area contributed by atoms with Crippen molar-refractivity contribution in [2.45, 2.75) is 31.5 Å². The van der Waals surface area contributed by atoms with Crippen molar-refractivity contribution < 1.29 is 13.2 Å². The number of pyridine rings is 1. The first-order valence-corrected chi connectivity index (χ1v) is 7.02. The highest BCUT2D eigenvalue weighted by Gasteiger charge is 2.36. The van der Waals surface area contributed by atoms with Gasteiger partial charge in [-0.1, -0.05) is 0 Å². The molecule has 0 saturated heterocycles. The van der Waals surface area contributed by atoms with Crippen LogP contribution in [0.3, 0.4) is 0 Å². The first kappa shape index (κ1) is 13.6. The summed E-state index contributed by atoms with van der Waals surface area (Å²) in [7, 11) is 0. The molecule has 106 valence electrons. The fraction of sp³-hybridized carbons (Fsp3) is 0.385. The van der Waals surface area contributed by atoms with E-state index in [1.54, 1.807) is 16.7 Å². The molecular formula is C13H11BrF3N3. The van der Waals surface area contributed by atoms with Crippen molar-refractivity contribution >= 4 is 15.9 Å². The van der Waals surface area contributed by atoms with Crippen LogP contribution in [0.15, 0.2) is 29.1 Å². The van der Waals surface area contributed by atoms with Gasteiger partial charge >= 0.3 is 6.18 Å². The molecule has 7 heteroatoms. The van der Waals surface area contributed by atoms with Gasteiger partial charge in [0.1, 0.15) is 10.4 Å². The Labute approximate surface area is 122 Å². The van der Waals surface area contributed by atoms with E-state index in [1.165, 1.54) is 6.20 Å². The minimum absolute atomic E-state index is 0.109. The summed E-state index contributed by atoms with van der Waals surface area (Å²) in [4.78, 5) is 7.82. The molecule has 1 aliphatic carbocycles. The second-order valence-electron chi connectivity index (χ2n) is 4.81. The highest BCUT2D eigenvalue weighted by atomic mass is 79.9. The zero-order valence-corrected chi connectivity index (χ0v) is 11.9. The molecule has 3 rings (SSSR count). The van der Waals surface area contributed by atoms with Crippen LogP contribution in [0.4, 0.5) is 13.2 Å². The molecule has 2 aromatic rings. The molecule has 1 fully saturated rings. The van der Waals surface area contributed by atoms with Crippen LogP contribution >= 0.6 is 15.9 Å². The van der Waals surface area contributed by atoms with Gasteiger partial charge in [0, 0.05) is 24.0 Å². The Hall–Kier alpha value is -1.37. The number of hydrogen-bond acceptors (Lipinski definition) is 2. The van der Waals surface area contributed by atoms with Gasteiger partial charge in [0.05, 0.1) is 0 Å². The van der Waals surface area contributed by atoms with Gasteiger partial charge in [-0.2, -0.15) is 13.2 Å². The Morgan fingerprint density at radius 2 is 2.00 bits per heavy atom. The smallest absolute Gasteiger partial charge is 0.327 e. The third-order valence-corrected chi connectivity index (χ3v) is 3.95. The summed E-state index contributed by atoms with van der Waals surface area (Å²) < 4.78 is 40.8. The normalized spacial score (nSPS) is 16.2. The number of rotatable bonds is 2. The lowest BCUT2D eigenvalue weighted by molar-refractivity contribution is -0.140. The number of alkyl halides is 3. The Kier molecular flexibility index (Phi) is 3.32. The molecule has 0 bridgehead atoms. The van der Waals surface area contributed by atoms with Gasteiger partial charge in [-0.25, -0.2) is 9.97 Å². The van der Waals surface area contributed by atoms with Gasteiger partial charge < -0.3 is 4.57 Å². The van der Waals surface area contributed by atoms with E-state index in [0.717, 1.165) is 25.5 Å². The number of aromatic nitrogens is 3. The monoisotopic (exact) mass is 345 g/mol. The predicted molar refractivity (Wildman–Crippen MR) is 71.0 cm³/mol. The highest BCUT2D eigenvalue weighted by molar-refractivity contribution is 9.10. The number of nitrogens with zero attached hydrogens (tertiary/aromatic N) is 3. The van der Waals surface area contributed by atoms with E-state index in [4.69, 9.17) is 0 Å². The SMILES string of the molecule is FC(F)(F)c1cn(C2CCC2)c(-c2ccc(Br)nc2)n1. The molecule has 0 amide bonds. The van der Waals surface area contributed by atoms with Crippen LogP contribution in [-0.2, 0) is 6.18 Å². The lowest BCUT2D eigenvalue weighted by Gasteiger charge is -2.28. The maximum absolute atomic E-state index is 12.8. The Morgan fingerprint density at radius 3 is 2.50 bits per heavy atom. The maximum atomic E-state index is 12.8. The Morgan fingerprint density at radius 1 is 1.25 bits per heavy atom. The largest absolute Gasteiger partial charge is 0.434 e. The average molecular weight is 346 g/mol. The summed E-state index contributed by atoms with van der Waals surface area (Å²) in [5.74, 6) is 0.335. The van der Waals surface area contributed by atoms with Gasteiger partial charge in [-0.15, -0.1) is 0 Å². The summed E-state index contributed by atoms with van der Waals surface area (Å²) in [6.07, 6.45) is 1.05. The summed E-state index contributed by atoms with van der Waals surface area (Å²) in [5, 5.41) is 0. The second-order valence-corrected chi connectivity index (χ2v) is 5.62. The van der Waals surface area contributed by atoms with E-state index in [2.05, 4.69) is 25.9 Å². The standard InChI is InChI=1S/C13H11BrF3N3/c14-11-5-4-8(6-18-11)12-19-10(13(15,16)17)7-20(12)9-2-1-3-9/h4-7,9H,1-3H2. The molecule has 1 saturated carbocycles. The molecule has 2 aromatic heterocycles. The van der Waals surface area contributed by atoms with Crippen LogP contribution in [0.25, 0.3) is 11.4 Å².